The second-order valence-electron chi connectivity index (χ2n) is 8.43. The van der Waals surface area contributed by atoms with Gasteiger partial charge in [-0.15, -0.1) is 0 Å². The molecule has 0 unspecified atom stereocenters. The molecular weight excluding hydrogens is 412 g/mol. The van der Waals surface area contributed by atoms with Crippen LogP contribution in [0.1, 0.15) is 65.4 Å². The molecule has 0 aliphatic carbocycles. The molecule has 0 radical (unpaired) electrons. The van der Waals surface area contributed by atoms with Gasteiger partial charge in [0.2, 0.25) is 0 Å². The molecule has 8 heteroatoms. The van der Waals surface area contributed by atoms with Gasteiger partial charge in [-0.25, -0.2) is 4.79 Å². The average molecular weight is 451 g/mol. The average Bonchev–Trinajstić information content (AvgIpc) is 2.73. The molecule has 0 aliphatic heterocycles. The van der Waals surface area contributed by atoms with Crippen LogP contribution >= 0.6 is 0 Å². The van der Waals surface area contributed by atoms with E-state index >= 15 is 0 Å². The van der Waals surface area contributed by atoms with Crippen LogP contribution < -0.4 is 10.6 Å². The zero-order chi connectivity index (χ0) is 23.8. The van der Waals surface area contributed by atoms with Gasteiger partial charge in [-0.2, -0.15) is 0 Å². The van der Waals surface area contributed by atoms with Crippen LogP contribution in [0.2, 0.25) is 0 Å². The molecular formula is C24H38N2O6. The fraction of sp³-hybridized carbons (Fsp3) is 0.625. The molecule has 0 saturated carbocycles. The Bertz CT molecular complexity index is 687. The van der Waals surface area contributed by atoms with Gasteiger partial charge in [-0.3, -0.25) is 9.59 Å². The lowest BCUT2D eigenvalue weighted by Crippen LogP contribution is -2.42. The number of carbonyl (C=O) groups is 3. The van der Waals surface area contributed by atoms with Crippen molar-refractivity contribution in [2.75, 3.05) is 19.7 Å². The molecule has 0 saturated heterocycles. The van der Waals surface area contributed by atoms with Crippen LogP contribution in [0.5, 0.6) is 0 Å². The zero-order valence-electron chi connectivity index (χ0n) is 19.8. The van der Waals surface area contributed by atoms with Crippen molar-refractivity contribution in [2.45, 2.75) is 78.0 Å². The van der Waals surface area contributed by atoms with Crippen molar-refractivity contribution in [3.8, 4) is 0 Å². The minimum Gasteiger partial charge on any atom is -0.466 e. The third kappa shape index (κ3) is 13.6. The molecule has 1 aromatic carbocycles. The Morgan fingerprint density at radius 1 is 0.969 bits per heavy atom. The van der Waals surface area contributed by atoms with Crippen LogP contribution in [-0.4, -0.2) is 49.4 Å². The van der Waals surface area contributed by atoms with Gasteiger partial charge in [0.05, 0.1) is 6.61 Å². The second-order valence-corrected chi connectivity index (χ2v) is 8.43. The standard InChI is InChI=1S/C24H38N2O6/c1-5-30-21(27)15-11-17-25-20(22(28)32-24(2,3)4)14-9-10-16-26-23(29)31-18-19-12-7-6-8-13-19/h6-8,12-13,20,25H,5,9-11,14-18H2,1-4H3,(H,26,29)/t20-/m0/s1. The Morgan fingerprint density at radius 3 is 2.34 bits per heavy atom. The van der Waals surface area contributed by atoms with Gasteiger partial charge in [0.25, 0.3) is 0 Å². The van der Waals surface area contributed by atoms with Gasteiger partial charge < -0.3 is 24.8 Å². The number of hydrogen-bond acceptors (Lipinski definition) is 7. The van der Waals surface area contributed by atoms with E-state index in [0.717, 1.165) is 5.56 Å². The predicted octanol–water partition coefficient (Wildman–Crippen LogP) is 3.73. The van der Waals surface area contributed by atoms with Gasteiger partial charge >= 0.3 is 18.0 Å². The van der Waals surface area contributed by atoms with Gasteiger partial charge in [0, 0.05) is 13.0 Å². The number of esters is 2. The summed E-state index contributed by atoms with van der Waals surface area (Å²) >= 11 is 0. The highest BCUT2D eigenvalue weighted by Crippen LogP contribution is 2.12. The van der Waals surface area contributed by atoms with E-state index in [4.69, 9.17) is 14.2 Å². The lowest BCUT2D eigenvalue weighted by molar-refractivity contribution is -0.157. The first-order chi connectivity index (χ1) is 15.2. The number of hydrogen-bond donors (Lipinski definition) is 2. The lowest BCUT2D eigenvalue weighted by Gasteiger charge is -2.24. The van der Waals surface area contributed by atoms with Crippen molar-refractivity contribution in [3.63, 3.8) is 0 Å². The van der Waals surface area contributed by atoms with Gasteiger partial charge in [0.1, 0.15) is 18.2 Å². The minimum absolute atomic E-state index is 0.225. The number of unbranched alkanes of at least 4 members (excludes halogenated alkanes) is 1. The molecule has 32 heavy (non-hydrogen) atoms. The minimum atomic E-state index is -0.577. The van der Waals surface area contributed by atoms with Crippen molar-refractivity contribution >= 4 is 18.0 Å². The molecule has 1 atom stereocenters. The van der Waals surface area contributed by atoms with Crippen molar-refractivity contribution < 1.29 is 28.6 Å². The molecule has 0 aliphatic rings. The highest BCUT2D eigenvalue weighted by atomic mass is 16.6. The van der Waals surface area contributed by atoms with Crippen LogP contribution in [0.15, 0.2) is 30.3 Å². The summed E-state index contributed by atoms with van der Waals surface area (Å²) in [5, 5.41) is 5.91. The molecule has 0 spiro atoms. The van der Waals surface area contributed by atoms with Gasteiger partial charge in [0.15, 0.2) is 0 Å². The first-order valence-corrected chi connectivity index (χ1v) is 11.3. The first kappa shape index (κ1) is 27.4. The summed E-state index contributed by atoms with van der Waals surface area (Å²) in [6.45, 7) is 8.80. The number of amides is 1. The summed E-state index contributed by atoms with van der Waals surface area (Å²) in [5.41, 5.74) is 0.350. The Labute approximate surface area is 191 Å². The van der Waals surface area contributed by atoms with E-state index < -0.39 is 17.7 Å². The number of ether oxygens (including phenoxy) is 3. The number of nitrogens with one attached hydrogen (secondary N) is 2. The fourth-order valence-electron chi connectivity index (χ4n) is 2.86. The molecule has 1 amide bonds. The second kappa shape index (κ2) is 15.2. The van der Waals surface area contributed by atoms with E-state index in [1.807, 2.05) is 51.1 Å². The number of alkyl carbamates (subject to hydrolysis) is 1. The number of benzene rings is 1. The van der Waals surface area contributed by atoms with Gasteiger partial charge in [-0.1, -0.05) is 30.3 Å². The summed E-state index contributed by atoms with van der Waals surface area (Å²) in [7, 11) is 0. The van der Waals surface area contributed by atoms with Crippen LogP contribution in [0, 0.1) is 0 Å². The Kier molecular flexibility index (Phi) is 13.1. The van der Waals surface area contributed by atoms with E-state index in [0.29, 0.717) is 51.8 Å². The lowest BCUT2D eigenvalue weighted by atomic mass is 10.1. The quantitative estimate of drug-likeness (QED) is 0.253. The molecule has 0 fully saturated rings. The summed E-state index contributed by atoms with van der Waals surface area (Å²) in [6.07, 6.45) is 2.39. The number of rotatable bonds is 14. The topological polar surface area (TPSA) is 103 Å². The van der Waals surface area contributed by atoms with Crippen LogP contribution in [0.25, 0.3) is 0 Å². The summed E-state index contributed by atoms with van der Waals surface area (Å²) in [4.78, 5) is 35.8. The Morgan fingerprint density at radius 2 is 1.69 bits per heavy atom. The normalized spacial score (nSPS) is 12.0. The molecule has 1 aromatic rings. The monoisotopic (exact) mass is 450 g/mol. The molecule has 0 heterocycles. The largest absolute Gasteiger partial charge is 0.466 e. The number of carbonyl (C=O) groups excluding carboxylic acids is 3. The molecule has 0 aromatic heterocycles. The van der Waals surface area contributed by atoms with Crippen LogP contribution in [0.3, 0.4) is 0 Å². The van der Waals surface area contributed by atoms with E-state index in [-0.39, 0.29) is 18.5 Å². The van der Waals surface area contributed by atoms with Gasteiger partial charge in [-0.05, 0) is 65.5 Å². The highest BCUT2D eigenvalue weighted by molar-refractivity contribution is 5.76. The highest BCUT2D eigenvalue weighted by Gasteiger charge is 2.24. The Balaban J connectivity index is 2.32. The van der Waals surface area contributed by atoms with E-state index in [1.54, 1.807) is 6.92 Å². The molecule has 0 bridgehead atoms. The fourth-order valence-corrected chi connectivity index (χ4v) is 2.86. The third-order valence-electron chi connectivity index (χ3n) is 4.35. The Hall–Kier alpha value is -2.61. The van der Waals surface area contributed by atoms with E-state index in [2.05, 4.69) is 10.6 Å². The smallest absolute Gasteiger partial charge is 0.407 e. The van der Waals surface area contributed by atoms with Crippen molar-refractivity contribution in [2.24, 2.45) is 0 Å². The molecule has 2 N–H and O–H groups in total. The van der Waals surface area contributed by atoms with Crippen molar-refractivity contribution in [3.05, 3.63) is 35.9 Å². The maximum atomic E-state index is 12.5. The van der Waals surface area contributed by atoms with Crippen LogP contribution in [-0.2, 0) is 30.4 Å². The third-order valence-corrected chi connectivity index (χ3v) is 4.35. The maximum Gasteiger partial charge on any atom is 0.407 e. The first-order valence-electron chi connectivity index (χ1n) is 11.3. The summed E-state index contributed by atoms with van der Waals surface area (Å²) in [5.74, 6) is -0.558. The van der Waals surface area contributed by atoms with Crippen molar-refractivity contribution in [1.29, 1.82) is 0 Å². The maximum absolute atomic E-state index is 12.5. The molecule has 8 nitrogen and oxygen atoms in total. The van der Waals surface area contributed by atoms with Crippen LogP contribution in [0.4, 0.5) is 4.79 Å². The van der Waals surface area contributed by atoms with E-state index in [9.17, 15) is 14.4 Å². The van der Waals surface area contributed by atoms with E-state index in [1.165, 1.54) is 0 Å². The molecule has 1 rings (SSSR count). The SMILES string of the molecule is CCOC(=O)CCCN[C@@H](CCCCNC(=O)OCc1ccccc1)C(=O)OC(C)(C)C. The predicted molar refractivity (Wildman–Crippen MR) is 122 cm³/mol. The molecule has 180 valence electrons. The summed E-state index contributed by atoms with van der Waals surface area (Å²) in [6, 6.07) is 9.00. The summed E-state index contributed by atoms with van der Waals surface area (Å²) < 4.78 is 15.6. The zero-order valence-corrected chi connectivity index (χ0v) is 19.8. The van der Waals surface area contributed by atoms with Crippen molar-refractivity contribution in [1.82, 2.24) is 10.6 Å².